The van der Waals surface area contributed by atoms with E-state index in [2.05, 4.69) is 43.7 Å². The van der Waals surface area contributed by atoms with Gasteiger partial charge in [-0.3, -0.25) is 14.6 Å². The van der Waals surface area contributed by atoms with Gasteiger partial charge in [0.1, 0.15) is 0 Å². The molecule has 2 aliphatic rings. The Bertz CT molecular complexity index is 364. The van der Waals surface area contributed by atoms with Gasteiger partial charge in [-0.1, -0.05) is 6.08 Å². The zero-order chi connectivity index (χ0) is 14.8. The summed E-state index contributed by atoms with van der Waals surface area (Å²) in [5, 5.41) is 0. The number of carbonyl (C=O) groups excluding carboxylic acids is 1. The van der Waals surface area contributed by atoms with Crippen LogP contribution in [0.15, 0.2) is 12.2 Å². The second kappa shape index (κ2) is 6.27. The SMILES string of the molecule is CN1CCCC1/C=C\C(=O)N1CCN(C(C)(C)C)CC1. The molecule has 1 amide bonds. The van der Waals surface area contributed by atoms with Crippen LogP contribution in [0.5, 0.6) is 0 Å². The number of nitrogens with zero attached hydrogens (tertiary/aromatic N) is 3. The maximum Gasteiger partial charge on any atom is 0.246 e. The minimum atomic E-state index is 0.179. The summed E-state index contributed by atoms with van der Waals surface area (Å²) in [5.41, 5.74) is 0.206. The molecule has 1 unspecified atom stereocenters. The fourth-order valence-corrected chi connectivity index (χ4v) is 3.08. The summed E-state index contributed by atoms with van der Waals surface area (Å²) in [5.74, 6) is 0.179. The first-order valence-corrected chi connectivity index (χ1v) is 7.80. The third kappa shape index (κ3) is 3.83. The highest BCUT2D eigenvalue weighted by Crippen LogP contribution is 2.17. The van der Waals surface area contributed by atoms with Crippen molar-refractivity contribution in [1.29, 1.82) is 0 Å². The van der Waals surface area contributed by atoms with Crippen LogP contribution in [-0.4, -0.2) is 72.0 Å². The fraction of sp³-hybridized carbons (Fsp3) is 0.812. The van der Waals surface area contributed by atoms with Crippen molar-refractivity contribution in [3.8, 4) is 0 Å². The normalized spacial score (nSPS) is 26.6. The van der Waals surface area contributed by atoms with Crippen molar-refractivity contribution in [3.63, 3.8) is 0 Å². The summed E-state index contributed by atoms with van der Waals surface area (Å²) >= 11 is 0. The second-order valence-corrected chi connectivity index (χ2v) is 7.03. The molecule has 0 radical (unpaired) electrons. The Balaban J connectivity index is 1.81. The van der Waals surface area contributed by atoms with Crippen LogP contribution in [0.4, 0.5) is 0 Å². The number of hydrogen-bond donors (Lipinski definition) is 0. The summed E-state index contributed by atoms with van der Waals surface area (Å²) in [4.78, 5) is 19.0. The molecule has 0 aliphatic carbocycles. The van der Waals surface area contributed by atoms with Crippen molar-refractivity contribution in [2.45, 2.75) is 45.2 Å². The maximum atomic E-state index is 12.2. The van der Waals surface area contributed by atoms with E-state index >= 15 is 0 Å². The highest BCUT2D eigenvalue weighted by molar-refractivity contribution is 5.87. The van der Waals surface area contributed by atoms with E-state index < -0.39 is 0 Å². The number of likely N-dealkylation sites (N-methyl/N-ethyl adjacent to an activating group) is 1. The van der Waals surface area contributed by atoms with Crippen LogP contribution in [0, 0.1) is 0 Å². The standard InChI is InChI=1S/C16H29N3O/c1-16(2,3)19-12-10-18(11-13-19)15(20)8-7-14-6-5-9-17(14)4/h7-8,14H,5-6,9-13H2,1-4H3/b8-7-. The Kier molecular flexibility index (Phi) is 4.86. The molecule has 0 aromatic rings. The number of rotatable bonds is 2. The van der Waals surface area contributed by atoms with E-state index in [1.54, 1.807) is 6.08 Å². The lowest BCUT2D eigenvalue weighted by Crippen LogP contribution is -2.54. The predicted molar refractivity (Wildman–Crippen MR) is 82.7 cm³/mol. The number of piperazine rings is 1. The van der Waals surface area contributed by atoms with Gasteiger partial charge in [0.25, 0.3) is 0 Å². The van der Waals surface area contributed by atoms with Crippen molar-refractivity contribution in [3.05, 3.63) is 12.2 Å². The molecule has 2 aliphatic heterocycles. The van der Waals surface area contributed by atoms with Gasteiger partial charge < -0.3 is 4.90 Å². The second-order valence-electron chi connectivity index (χ2n) is 7.03. The van der Waals surface area contributed by atoms with Gasteiger partial charge in [-0.2, -0.15) is 0 Å². The van der Waals surface area contributed by atoms with E-state index in [4.69, 9.17) is 0 Å². The quantitative estimate of drug-likeness (QED) is 0.718. The molecule has 0 saturated carbocycles. The third-order valence-corrected chi connectivity index (χ3v) is 4.58. The fourth-order valence-electron chi connectivity index (χ4n) is 3.08. The summed E-state index contributed by atoms with van der Waals surface area (Å²) < 4.78 is 0. The van der Waals surface area contributed by atoms with Crippen molar-refractivity contribution < 1.29 is 4.79 Å². The van der Waals surface area contributed by atoms with E-state index in [0.717, 1.165) is 32.7 Å². The Labute approximate surface area is 123 Å². The number of carbonyl (C=O) groups is 1. The molecule has 4 heteroatoms. The number of amides is 1. The zero-order valence-corrected chi connectivity index (χ0v) is 13.4. The number of likely N-dealkylation sites (tertiary alicyclic amines) is 1. The van der Waals surface area contributed by atoms with E-state index in [-0.39, 0.29) is 11.4 Å². The van der Waals surface area contributed by atoms with Crippen LogP contribution in [-0.2, 0) is 4.79 Å². The average molecular weight is 279 g/mol. The molecule has 2 fully saturated rings. The zero-order valence-electron chi connectivity index (χ0n) is 13.4. The van der Waals surface area contributed by atoms with Crippen LogP contribution in [0.1, 0.15) is 33.6 Å². The molecule has 114 valence electrons. The van der Waals surface area contributed by atoms with E-state index in [1.165, 1.54) is 12.8 Å². The first kappa shape index (κ1) is 15.5. The van der Waals surface area contributed by atoms with Gasteiger partial charge in [0.15, 0.2) is 0 Å². The van der Waals surface area contributed by atoms with E-state index in [0.29, 0.717) is 6.04 Å². The molecular weight excluding hydrogens is 250 g/mol. The lowest BCUT2D eigenvalue weighted by Gasteiger charge is -2.42. The molecule has 2 rings (SSSR count). The van der Waals surface area contributed by atoms with Crippen molar-refractivity contribution in [2.75, 3.05) is 39.8 Å². The monoisotopic (exact) mass is 279 g/mol. The summed E-state index contributed by atoms with van der Waals surface area (Å²) in [6.07, 6.45) is 6.30. The average Bonchev–Trinajstić information content (AvgIpc) is 2.81. The summed E-state index contributed by atoms with van der Waals surface area (Å²) in [7, 11) is 2.13. The van der Waals surface area contributed by atoms with Gasteiger partial charge >= 0.3 is 0 Å². The van der Waals surface area contributed by atoms with E-state index in [1.807, 2.05) is 4.90 Å². The molecule has 1 atom stereocenters. The predicted octanol–water partition coefficient (Wildman–Crippen LogP) is 1.58. The smallest absolute Gasteiger partial charge is 0.246 e. The van der Waals surface area contributed by atoms with Crippen LogP contribution in [0.3, 0.4) is 0 Å². The molecule has 0 N–H and O–H groups in total. The van der Waals surface area contributed by atoms with E-state index in [9.17, 15) is 4.79 Å². The van der Waals surface area contributed by atoms with Crippen LogP contribution < -0.4 is 0 Å². The summed E-state index contributed by atoms with van der Waals surface area (Å²) in [6, 6.07) is 0.454. The molecule has 20 heavy (non-hydrogen) atoms. The Morgan fingerprint density at radius 1 is 1.10 bits per heavy atom. The van der Waals surface area contributed by atoms with Gasteiger partial charge in [-0.25, -0.2) is 0 Å². The highest BCUT2D eigenvalue weighted by atomic mass is 16.2. The first-order valence-electron chi connectivity index (χ1n) is 7.80. The molecule has 2 saturated heterocycles. The van der Waals surface area contributed by atoms with Gasteiger partial charge in [0, 0.05) is 43.8 Å². The Morgan fingerprint density at radius 2 is 1.75 bits per heavy atom. The largest absolute Gasteiger partial charge is 0.337 e. The lowest BCUT2D eigenvalue weighted by atomic mass is 10.0. The molecule has 0 aromatic carbocycles. The molecule has 2 heterocycles. The highest BCUT2D eigenvalue weighted by Gasteiger charge is 2.27. The van der Waals surface area contributed by atoms with Crippen LogP contribution in [0.2, 0.25) is 0 Å². The first-order chi connectivity index (χ1) is 9.38. The Hall–Kier alpha value is -0.870. The third-order valence-electron chi connectivity index (χ3n) is 4.58. The van der Waals surface area contributed by atoms with Crippen LogP contribution >= 0.6 is 0 Å². The Morgan fingerprint density at radius 3 is 2.25 bits per heavy atom. The van der Waals surface area contributed by atoms with Crippen molar-refractivity contribution in [2.24, 2.45) is 0 Å². The molecular formula is C16H29N3O. The molecule has 0 spiro atoms. The van der Waals surface area contributed by atoms with Crippen molar-refractivity contribution >= 4 is 5.91 Å². The molecule has 0 aromatic heterocycles. The van der Waals surface area contributed by atoms with Gasteiger partial charge in [0.2, 0.25) is 5.91 Å². The topological polar surface area (TPSA) is 26.8 Å². The van der Waals surface area contributed by atoms with Gasteiger partial charge in [-0.05, 0) is 47.2 Å². The lowest BCUT2D eigenvalue weighted by molar-refractivity contribution is -0.128. The minimum absolute atomic E-state index is 0.179. The summed E-state index contributed by atoms with van der Waals surface area (Å²) in [6.45, 7) is 11.5. The minimum Gasteiger partial charge on any atom is -0.337 e. The van der Waals surface area contributed by atoms with Crippen molar-refractivity contribution in [1.82, 2.24) is 14.7 Å². The maximum absolute atomic E-state index is 12.2. The molecule has 0 bridgehead atoms. The van der Waals surface area contributed by atoms with Gasteiger partial charge in [0.05, 0.1) is 0 Å². The van der Waals surface area contributed by atoms with Crippen LogP contribution in [0.25, 0.3) is 0 Å². The molecule has 4 nitrogen and oxygen atoms in total. The van der Waals surface area contributed by atoms with Gasteiger partial charge in [-0.15, -0.1) is 0 Å². The number of hydrogen-bond acceptors (Lipinski definition) is 3.